The van der Waals surface area contributed by atoms with Gasteiger partial charge in [-0.05, 0) is 49.9 Å². The molecule has 4 nitrogen and oxygen atoms in total. The molecule has 0 saturated heterocycles. The van der Waals surface area contributed by atoms with Gasteiger partial charge in [-0.15, -0.1) is 23.1 Å². The average molecular weight is 370 g/mol. The van der Waals surface area contributed by atoms with E-state index < -0.39 is 0 Å². The van der Waals surface area contributed by atoms with Crippen LogP contribution in [-0.4, -0.2) is 22.9 Å². The molecule has 0 amide bonds. The summed E-state index contributed by atoms with van der Waals surface area (Å²) in [5.74, 6) is 1.58. The highest BCUT2D eigenvalue weighted by Crippen LogP contribution is 2.41. The Hall–Kier alpha value is -1.92. The van der Waals surface area contributed by atoms with Crippen molar-refractivity contribution in [3.63, 3.8) is 0 Å². The number of fused-ring (bicyclic) bond motifs is 3. The number of thioether (sulfide) groups is 1. The molecule has 1 aliphatic rings. The van der Waals surface area contributed by atoms with Gasteiger partial charge in [0.15, 0.2) is 5.78 Å². The van der Waals surface area contributed by atoms with Crippen molar-refractivity contribution in [2.75, 3.05) is 7.11 Å². The standard InChI is InChI=1S/C19H18N2O2S2/c1-11(22)12-6-7-15(23-2)13(8-12)9-24-18-17-14-4-3-5-16(14)25-19(17)21-10-20-18/h6-8,10H,3-5,9H2,1-2H3. The summed E-state index contributed by atoms with van der Waals surface area (Å²) in [6, 6.07) is 5.60. The number of methoxy groups -OCH3 is 1. The van der Waals surface area contributed by atoms with Crippen molar-refractivity contribution in [2.24, 2.45) is 0 Å². The summed E-state index contributed by atoms with van der Waals surface area (Å²) < 4.78 is 5.46. The van der Waals surface area contributed by atoms with E-state index in [0.717, 1.165) is 34.0 Å². The van der Waals surface area contributed by atoms with Crippen LogP contribution in [0.25, 0.3) is 10.2 Å². The summed E-state index contributed by atoms with van der Waals surface area (Å²) in [5, 5.41) is 2.26. The Morgan fingerprint density at radius 3 is 3.00 bits per heavy atom. The zero-order valence-electron chi connectivity index (χ0n) is 14.2. The predicted molar refractivity (Wildman–Crippen MR) is 102 cm³/mol. The lowest BCUT2D eigenvalue weighted by Crippen LogP contribution is -1.97. The molecule has 1 aliphatic carbocycles. The molecule has 1 aromatic carbocycles. The normalized spacial score (nSPS) is 13.2. The quantitative estimate of drug-likeness (QED) is 0.371. The third-order valence-corrected chi connectivity index (χ3v) is 6.76. The van der Waals surface area contributed by atoms with Gasteiger partial charge in [-0.1, -0.05) is 0 Å². The molecule has 0 N–H and O–H groups in total. The van der Waals surface area contributed by atoms with Crippen LogP contribution >= 0.6 is 23.1 Å². The number of Topliss-reactive ketones (excluding diaryl/α,β-unsaturated/α-hetero) is 1. The van der Waals surface area contributed by atoms with Crippen LogP contribution < -0.4 is 4.74 Å². The number of thiophene rings is 1. The monoisotopic (exact) mass is 370 g/mol. The van der Waals surface area contributed by atoms with E-state index in [1.54, 1.807) is 43.5 Å². The summed E-state index contributed by atoms with van der Waals surface area (Å²) in [6.45, 7) is 1.58. The molecule has 0 radical (unpaired) electrons. The van der Waals surface area contributed by atoms with Crippen molar-refractivity contribution in [3.8, 4) is 5.75 Å². The van der Waals surface area contributed by atoms with Crippen molar-refractivity contribution < 1.29 is 9.53 Å². The molecule has 2 heterocycles. The van der Waals surface area contributed by atoms with Crippen molar-refractivity contribution in [1.82, 2.24) is 9.97 Å². The maximum atomic E-state index is 11.7. The number of ether oxygens (including phenoxy) is 1. The van der Waals surface area contributed by atoms with Crippen LogP contribution in [0.1, 0.15) is 39.7 Å². The van der Waals surface area contributed by atoms with Crippen LogP contribution in [0.15, 0.2) is 29.6 Å². The van der Waals surface area contributed by atoms with Gasteiger partial charge in [0, 0.05) is 27.1 Å². The van der Waals surface area contributed by atoms with E-state index in [1.165, 1.54) is 22.2 Å². The van der Waals surface area contributed by atoms with Crippen molar-refractivity contribution >= 4 is 39.1 Å². The van der Waals surface area contributed by atoms with E-state index >= 15 is 0 Å². The van der Waals surface area contributed by atoms with E-state index in [4.69, 9.17) is 4.74 Å². The van der Waals surface area contributed by atoms with Crippen LogP contribution in [0.5, 0.6) is 5.75 Å². The van der Waals surface area contributed by atoms with Gasteiger partial charge in [0.2, 0.25) is 0 Å². The molecule has 0 unspecified atom stereocenters. The molecule has 0 saturated carbocycles. The third kappa shape index (κ3) is 3.04. The Morgan fingerprint density at radius 2 is 2.20 bits per heavy atom. The fourth-order valence-electron chi connectivity index (χ4n) is 3.27. The fourth-order valence-corrected chi connectivity index (χ4v) is 5.56. The number of hydrogen-bond donors (Lipinski definition) is 0. The molecule has 0 atom stereocenters. The van der Waals surface area contributed by atoms with Crippen molar-refractivity contribution in [2.45, 2.75) is 37.0 Å². The minimum atomic E-state index is 0.0639. The van der Waals surface area contributed by atoms with Gasteiger partial charge in [0.1, 0.15) is 21.9 Å². The van der Waals surface area contributed by atoms with Gasteiger partial charge in [-0.3, -0.25) is 4.79 Å². The number of carbonyl (C=O) groups is 1. The van der Waals surface area contributed by atoms with E-state index in [0.29, 0.717) is 11.3 Å². The largest absolute Gasteiger partial charge is 0.496 e. The Kier molecular flexibility index (Phi) is 4.48. The second kappa shape index (κ2) is 6.77. The molecule has 25 heavy (non-hydrogen) atoms. The van der Waals surface area contributed by atoms with Crippen LogP contribution in [0.3, 0.4) is 0 Å². The van der Waals surface area contributed by atoms with Crippen LogP contribution in [0.4, 0.5) is 0 Å². The lowest BCUT2D eigenvalue weighted by molar-refractivity contribution is 0.101. The molecule has 4 rings (SSSR count). The first-order valence-electron chi connectivity index (χ1n) is 8.23. The van der Waals surface area contributed by atoms with Crippen LogP contribution in [0.2, 0.25) is 0 Å². The lowest BCUT2D eigenvalue weighted by atomic mass is 10.1. The number of aromatic nitrogens is 2. The highest BCUT2D eigenvalue weighted by molar-refractivity contribution is 7.98. The highest BCUT2D eigenvalue weighted by Gasteiger charge is 2.21. The second-order valence-corrected chi connectivity index (χ2v) is 8.14. The van der Waals surface area contributed by atoms with E-state index in [9.17, 15) is 4.79 Å². The molecule has 0 spiro atoms. The summed E-state index contributed by atoms with van der Waals surface area (Å²) in [4.78, 5) is 23.2. The zero-order chi connectivity index (χ0) is 17.4. The Morgan fingerprint density at radius 1 is 1.32 bits per heavy atom. The molecular weight excluding hydrogens is 352 g/mol. The zero-order valence-corrected chi connectivity index (χ0v) is 15.8. The number of aryl methyl sites for hydroxylation is 2. The SMILES string of the molecule is COc1ccc(C(C)=O)cc1CSc1ncnc2sc3c(c12)CCC3. The first kappa shape index (κ1) is 16.5. The second-order valence-electron chi connectivity index (χ2n) is 6.09. The molecule has 0 fully saturated rings. The number of nitrogens with zero attached hydrogens (tertiary/aromatic N) is 2. The van der Waals surface area contributed by atoms with E-state index in [2.05, 4.69) is 9.97 Å². The van der Waals surface area contributed by atoms with Gasteiger partial charge in [-0.25, -0.2) is 9.97 Å². The number of ketones is 1. The Bertz CT molecular complexity index is 965. The molecule has 2 aromatic heterocycles. The Labute approximate surface area is 154 Å². The van der Waals surface area contributed by atoms with Crippen LogP contribution in [-0.2, 0) is 18.6 Å². The number of rotatable bonds is 5. The molecule has 0 aliphatic heterocycles. The highest BCUT2D eigenvalue weighted by atomic mass is 32.2. The molecular formula is C19H18N2O2S2. The van der Waals surface area contributed by atoms with Gasteiger partial charge >= 0.3 is 0 Å². The van der Waals surface area contributed by atoms with Crippen molar-refractivity contribution in [1.29, 1.82) is 0 Å². The van der Waals surface area contributed by atoms with E-state index in [-0.39, 0.29) is 5.78 Å². The average Bonchev–Trinajstić information content (AvgIpc) is 3.20. The van der Waals surface area contributed by atoms with Gasteiger partial charge in [0.05, 0.1) is 7.11 Å². The minimum absolute atomic E-state index is 0.0639. The van der Waals surface area contributed by atoms with Gasteiger partial charge in [-0.2, -0.15) is 0 Å². The third-order valence-electron chi connectivity index (χ3n) is 4.52. The molecule has 0 bridgehead atoms. The van der Waals surface area contributed by atoms with Gasteiger partial charge < -0.3 is 4.74 Å². The number of benzene rings is 1. The maximum Gasteiger partial charge on any atom is 0.159 e. The van der Waals surface area contributed by atoms with Crippen LogP contribution in [0, 0.1) is 0 Å². The topological polar surface area (TPSA) is 52.1 Å². The smallest absolute Gasteiger partial charge is 0.159 e. The fraction of sp³-hybridized carbons (Fsp3) is 0.316. The first-order valence-corrected chi connectivity index (χ1v) is 10.0. The summed E-state index contributed by atoms with van der Waals surface area (Å²) in [6.07, 6.45) is 5.17. The predicted octanol–water partition coefficient (Wildman–Crippen LogP) is 4.68. The molecule has 6 heteroatoms. The molecule has 128 valence electrons. The van der Waals surface area contributed by atoms with Crippen molar-refractivity contribution in [3.05, 3.63) is 46.1 Å². The summed E-state index contributed by atoms with van der Waals surface area (Å²) in [7, 11) is 1.66. The Balaban J connectivity index is 1.67. The summed E-state index contributed by atoms with van der Waals surface area (Å²) >= 11 is 3.49. The first-order chi connectivity index (χ1) is 12.2. The number of hydrogen-bond acceptors (Lipinski definition) is 6. The maximum absolute atomic E-state index is 11.7. The molecule has 3 aromatic rings. The van der Waals surface area contributed by atoms with Gasteiger partial charge in [0.25, 0.3) is 0 Å². The minimum Gasteiger partial charge on any atom is -0.496 e. The number of carbonyl (C=O) groups excluding carboxylic acids is 1. The lowest BCUT2D eigenvalue weighted by Gasteiger charge is -2.10. The van der Waals surface area contributed by atoms with E-state index in [1.807, 2.05) is 18.2 Å². The summed E-state index contributed by atoms with van der Waals surface area (Å²) in [5.41, 5.74) is 3.16.